The van der Waals surface area contributed by atoms with Crippen LogP contribution in [-0.4, -0.2) is 42.7 Å². The van der Waals surface area contributed by atoms with Crippen LogP contribution >= 0.6 is 0 Å². The van der Waals surface area contributed by atoms with Gasteiger partial charge in [0.1, 0.15) is 12.2 Å². The van der Waals surface area contributed by atoms with Gasteiger partial charge >= 0.3 is 0 Å². The van der Waals surface area contributed by atoms with Crippen LogP contribution in [0.3, 0.4) is 0 Å². The third-order valence-electron chi connectivity index (χ3n) is 4.11. The SMILES string of the molecule is CC(=N)NC(=O)[C@H]1CC(N=[N+]=[N-])[C@H]2O[C@@H](c3ccccc3)OC[C@H]2O1. The van der Waals surface area contributed by atoms with E-state index in [1.165, 1.54) is 6.92 Å². The third-order valence-corrected chi connectivity index (χ3v) is 4.11. The minimum absolute atomic E-state index is 0.0244. The standard InChI is InChI=1S/C16H19N5O4/c1-9(17)19-15(22)12-7-11(20-21-18)14-13(24-12)8-23-16(25-14)10-5-3-2-4-6-10/h2-6,11-14,16H,7-8H2,1H3,(H2,17,19,22)/t11?,12-,13-,14-,16+/m1/s1. The molecule has 1 amide bonds. The van der Waals surface area contributed by atoms with E-state index in [1.807, 2.05) is 30.3 Å². The monoisotopic (exact) mass is 345 g/mol. The highest BCUT2D eigenvalue weighted by molar-refractivity contribution is 5.97. The summed E-state index contributed by atoms with van der Waals surface area (Å²) in [6.07, 6.45) is -2.23. The molecule has 1 unspecified atom stereocenters. The molecule has 0 saturated carbocycles. The molecule has 0 aromatic heterocycles. The van der Waals surface area contributed by atoms with E-state index < -0.39 is 36.6 Å². The van der Waals surface area contributed by atoms with Crippen molar-refractivity contribution in [2.24, 2.45) is 5.11 Å². The second kappa shape index (κ2) is 7.62. The average molecular weight is 345 g/mol. The molecule has 2 saturated heterocycles. The molecule has 1 aromatic carbocycles. The van der Waals surface area contributed by atoms with Crippen LogP contribution in [0.2, 0.25) is 0 Å². The fourth-order valence-corrected chi connectivity index (χ4v) is 3.02. The predicted molar refractivity (Wildman–Crippen MR) is 87.8 cm³/mol. The quantitative estimate of drug-likeness (QED) is 0.285. The number of rotatable bonds is 3. The Balaban J connectivity index is 1.75. The van der Waals surface area contributed by atoms with E-state index in [0.29, 0.717) is 0 Å². The molecule has 25 heavy (non-hydrogen) atoms. The molecule has 0 aliphatic carbocycles. The number of carbonyl (C=O) groups excluding carboxylic acids is 1. The smallest absolute Gasteiger partial charge is 0.254 e. The molecule has 2 aliphatic heterocycles. The lowest BCUT2D eigenvalue weighted by Gasteiger charge is -2.44. The van der Waals surface area contributed by atoms with E-state index in [-0.39, 0.29) is 18.9 Å². The molecule has 2 N–H and O–H groups in total. The Morgan fingerprint density at radius 2 is 2.12 bits per heavy atom. The van der Waals surface area contributed by atoms with Gasteiger partial charge in [-0.1, -0.05) is 35.4 Å². The first-order valence-corrected chi connectivity index (χ1v) is 7.96. The van der Waals surface area contributed by atoms with Crippen molar-refractivity contribution in [1.82, 2.24) is 5.32 Å². The van der Waals surface area contributed by atoms with Gasteiger partial charge in [-0.25, -0.2) is 0 Å². The molecule has 5 atom stereocenters. The fraction of sp³-hybridized carbons (Fsp3) is 0.500. The Hall–Kier alpha value is -2.45. The van der Waals surface area contributed by atoms with Gasteiger partial charge in [-0.05, 0) is 18.9 Å². The summed E-state index contributed by atoms with van der Waals surface area (Å²) in [6.45, 7) is 1.68. The van der Waals surface area contributed by atoms with Crippen LogP contribution in [0.1, 0.15) is 25.2 Å². The number of hydrogen-bond acceptors (Lipinski definition) is 6. The number of amidine groups is 1. The molecule has 9 nitrogen and oxygen atoms in total. The van der Waals surface area contributed by atoms with Crippen LogP contribution in [0.4, 0.5) is 0 Å². The number of carbonyl (C=O) groups is 1. The Bertz CT molecular complexity index is 691. The lowest BCUT2D eigenvalue weighted by Crippen LogP contribution is -2.57. The van der Waals surface area contributed by atoms with Gasteiger partial charge in [-0.3, -0.25) is 10.2 Å². The normalized spacial score (nSPS) is 31.3. The number of nitrogens with zero attached hydrogens (tertiary/aromatic N) is 3. The van der Waals surface area contributed by atoms with Gasteiger partial charge < -0.3 is 19.5 Å². The molecular formula is C16H19N5O4. The number of hydrogen-bond donors (Lipinski definition) is 2. The van der Waals surface area contributed by atoms with Crippen molar-refractivity contribution < 1.29 is 19.0 Å². The van der Waals surface area contributed by atoms with Crippen LogP contribution in [0, 0.1) is 5.41 Å². The Morgan fingerprint density at radius 3 is 2.80 bits per heavy atom. The van der Waals surface area contributed by atoms with Gasteiger partial charge in [0, 0.05) is 10.5 Å². The van der Waals surface area contributed by atoms with Crippen molar-refractivity contribution in [3.05, 3.63) is 46.3 Å². The number of fused-ring (bicyclic) bond motifs is 1. The van der Waals surface area contributed by atoms with Crippen molar-refractivity contribution >= 4 is 11.7 Å². The van der Waals surface area contributed by atoms with Gasteiger partial charge in [-0.2, -0.15) is 0 Å². The van der Waals surface area contributed by atoms with Gasteiger partial charge in [-0.15, -0.1) is 0 Å². The first-order chi connectivity index (χ1) is 12.1. The lowest BCUT2D eigenvalue weighted by atomic mass is 9.94. The summed E-state index contributed by atoms with van der Waals surface area (Å²) in [5.74, 6) is -0.411. The third kappa shape index (κ3) is 3.97. The number of azide groups is 1. The minimum Gasteiger partial charge on any atom is -0.360 e. The van der Waals surface area contributed by atoms with Crippen molar-refractivity contribution in [2.75, 3.05) is 6.61 Å². The fourth-order valence-electron chi connectivity index (χ4n) is 3.02. The summed E-state index contributed by atoms with van der Waals surface area (Å²) in [5, 5.41) is 13.6. The zero-order chi connectivity index (χ0) is 17.8. The van der Waals surface area contributed by atoms with E-state index in [4.69, 9.17) is 25.2 Å². The molecule has 1 aromatic rings. The van der Waals surface area contributed by atoms with Crippen LogP contribution < -0.4 is 5.32 Å². The van der Waals surface area contributed by atoms with Gasteiger partial charge in [0.05, 0.1) is 24.6 Å². The predicted octanol–water partition coefficient (Wildman–Crippen LogP) is 2.05. The maximum absolute atomic E-state index is 12.1. The van der Waals surface area contributed by atoms with E-state index >= 15 is 0 Å². The van der Waals surface area contributed by atoms with Crippen molar-refractivity contribution in [1.29, 1.82) is 5.41 Å². The van der Waals surface area contributed by atoms with E-state index in [9.17, 15) is 4.79 Å². The molecule has 2 aliphatic rings. The van der Waals surface area contributed by atoms with Crippen LogP contribution in [0.15, 0.2) is 35.4 Å². The van der Waals surface area contributed by atoms with Crippen LogP contribution in [-0.2, 0) is 19.0 Å². The maximum atomic E-state index is 12.1. The highest BCUT2D eigenvalue weighted by Crippen LogP contribution is 2.35. The number of amides is 1. The highest BCUT2D eigenvalue weighted by Gasteiger charge is 2.45. The molecular weight excluding hydrogens is 326 g/mol. The summed E-state index contributed by atoms with van der Waals surface area (Å²) in [4.78, 5) is 15.0. The Kier molecular flexibility index (Phi) is 5.30. The minimum atomic E-state index is -0.822. The summed E-state index contributed by atoms with van der Waals surface area (Å²) >= 11 is 0. The van der Waals surface area contributed by atoms with Crippen molar-refractivity contribution in [3.63, 3.8) is 0 Å². The Labute approximate surface area is 144 Å². The molecule has 3 rings (SSSR count). The zero-order valence-electron chi connectivity index (χ0n) is 13.7. The summed E-state index contributed by atoms with van der Waals surface area (Å²) < 4.78 is 17.4. The average Bonchev–Trinajstić information content (AvgIpc) is 2.61. The molecule has 132 valence electrons. The van der Waals surface area contributed by atoms with Crippen LogP contribution in [0.25, 0.3) is 10.4 Å². The number of ether oxygens (including phenoxy) is 3. The summed E-state index contributed by atoms with van der Waals surface area (Å²) in [6, 6.07) is 8.89. The van der Waals surface area contributed by atoms with Crippen molar-refractivity contribution in [2.45, 2.75) is 44.0 Å². The van der Waals surface area contributed by atoms with E-state index in [1.54, 1.807) is 0 Å². The topological polar surface area (TPSA) is 129 Å². The summed E-state index contributed by atoms with van der Waals surface area (Å²) in [7, 11) is 0. The molecule has 0 radical (unpaired) electrons. The first-order valence-electron chi connectivity index (χ1n) is 7.96. The number of benzene rings is 1. The lowest BCUT2D eigenvalue weighted by molar-refractivity contribution is -0.289. The van der Waals surface area contributed by atoms with Crippen molar-refractivity contribution in [3.8, 4) is 0 Å². The largest absolute Gasteiger partial charge is 0.360 e. The maximum Gasteiger partial charge on any atom is 0.254 e. The zero-order valence-corrected chi connectivity index (χ0v) is 13.7. The molecule has 0 bridgehead atoms. The molecule has 0 spiro atoms. The van der Waals surface area contributed by atoms with E-state index in [0.717, 1.165) is 5.56 Å². The van der Waals surface area contributed by atoms with Gasteiger partial charge in [0.15, 0.2) is 6.29 Å². The molecule has 2 fully saturated rings. The van der Waals surface area contributed by atoms with E-state index in [2.05, 4.69) is 15.3 Å². The first kappa shape index (κ1) is 17.4. The van der Waals surface area contributed by atoms with Gasteiger partial charge in [0.25, 0.3) is 5.91 Å². The second-order valence-electron chi connectivity index (χ2n) is 5.96. The van der Waals surface area contributed by atoms with Gasteiger partial charge in [0.2, 0.25) is 0 Å². The van der Waals surface area contributed by atoms with Crippen LogP contribution in [0.5, 0.6) is 0 Å². The summed E-state index contributed by atoms with van der Waals surface area (Å²) in [5.41, 5.74) is 9.72. The molecule has 9 heteroatoms. The Morgan fingerprint density at radius 1 is 1.36 bits per heavy atom. The number of nitrogens with one attached hydrogen (secondary N) is 2. The highest BCUT2D eigenvalue weighted by atomic mass is 16.7. The molecule has 2 heterocycles. The second-order valence-corrected chi connectivity index (χ2v) is 5.96.